The molecule has 114 valence electrons. The van der Waals surface area contributed by atoms with E-state index in [1.54, 1.807) is 36.7 Å². The number of rotatable bonds is 3. The molecule has 0 saturated heterocycles. The third kappa shape index (κ3) is 2.98. The van der Waals surface area contributed by atoms with Crippen LogP contribution < -0.4 is 5.56 Å². The van der Waals surface area contributed by atoms with E-state index >= 15 is 0 Å². The summed E-state index contributed by atoms with van der Waals surface area (Å²) in [5.41, 5.74) is 1.27. The molecule has 2 heterocycles. The number of nitrogens with zero attached hydrogens (tertiary/aromatic N) is 3. The third-order valence-electron chi connectivity index (χ3n) is 3.34. The van der Waals surface area contributed by atoms with Gasteiger partial charge in [-0.1, -0.05) is 6.07 Å². The Labute approximate surface area is 135 Å². The molecule has 2 aromatic heterocycles. The molecule has 0 aliphatic heterocycles. The van der Waals surface area contributed by atoms with Gasteiger partial charge < -0.3 is 9.88 Å². The molecule has 6 nitrogen and oxygen atoms in total. The molecule has 0 fully saturated rings. The average molecular weight is 324 g/mol. The van der Waals surface area contributed by atoms with Gasteiger partial charge in [0.2, 0.25) is 0 Å². The van der Waals surface area contributed by atoms with E-state index in [2.05, 4.69) is 9.97 Å². The van der Waals surface area contributed by atoms with Crippen molar-refractivity contribution in [3.63, 3.8) is 0 Å². The summed E-state index contributed by atoms with van der Waals surface area (Å²) < 4.78 is 0.574. The van der Waals surface area contributed by atoms with Crippen molar-refractivity contribution in [2.75, 3.05) is 7.05 Å². The zero-order valence-corrected chi connectivity index (χ0v) is 13.1. The molecule has 7 heteroatoms. The zero-order valence-electron chi connectivity index (χ0n) is 12.2. The van der Waals surface area contributed by atoms with Crippen molar-refractivity contribution in [2.24, 2.45) is 0 Å². The first-order valence-electron chi connectivity index (χ1n) is 6.80. The summed E-state index contributed by atoms with van der Waals surface area (Å²) in [5.74, 6) is 0.184. The number of nitriles is 1. The van der Waals surface area contributed by atoms with E-state index in [-0.39, 0.29) is 18.0 Å². The maximum Gasteiger partial charge on any atom is 0.268 e. The fourth-order valence-electron chi connectivity index (χ4n) is 2.24. The van der Waals surface area contributed by atoms with Crippen LogP contribution in [0.15, 0.2) is 40.5 Å². The van der Waals surface area contributed by atoms with Crippen molar-refractivity contribution < 1.29 is 4.79 Å². The van der Waals surface area contributed by atoms with Crippen molar-refractivity contribution in [2.45, 2.75) is 6.54 Å². The number of amides is 1. The molecule has 0 unspecified atom stereocenters. The Bertz CT molecular complexity index is 983. The number of fused-ring (bicyclic) bond motifs is 1. The molecule has 1 amide bonds. The lowest BCUT2D eigenvalue weighted by Gasteiger charge is -2.16. The fraction of sp³-hybridized carbons (Fsp3) is 0.125. The molecular formula is C16H12N4O2S. The lowest BCUT2D eigenvalue weighted by atomic mass is 10.1. The van der Waals surface area contributed by atoms with Crippen LogP contribution in [0.25, 0.3) is 10.2 Å². The number of hydrogen-bond acceptors (Lipinski definition) is 5. The number of carbonyl (C=O) groups is 1. The van der Waals surface area contributed by atoms with E-state index in [4.69, 9.17) is 5.26 Å². The Morgan fingerprint density at radius 1 is 1.43 bits per heavy atom. The molecule has 3 rings (SSSR count). The minimum Gasteiger partial charge on any atom is -0.334 e. The molecule has 3 aromatic rings. The number of hydrogen-bond donors (Lipinski definition) is 1. The van der Waals surface area contributed by atoms with Gasteiger partial charge in [0.05, 0.1) is 23.7 Å². The number of thiophene rings is 1. The van der Waals surface area contributed by atoms with Crippen LogP contribution in [-0.4, -0.2) is 27.8 Å². The lowest BCUT2D eigenvalue weighted by Crippen LogP contribution is -2.28. The van der Waals surface area contributed by atoms with E-state index < -0.39 is 0 Å². The molecular weight excluding hydrogens is 312 g/mol. The highest BCUT2D eigenvalue weighted by atomic mass is 32.1. The van der Waals surface area contributed by atoms with Crippen LogP contribution in [-0.2, 0) is 6.54 Å². The second-order valence-electron chi connectivity index (χ2n) is 5.00. The lowest BCUT2D eigenvalue weighted by molar-refractivity contribution is 0.0781. The van der Waals surface area contributed by atoms with E-state index in [1.807, 2.05) is 6.07 Å². The Hall–Kier alpha value is -2.98. The van der Waals surface area contributed by atoms with Gasteiger partial charge >= 0.3 is 0 Å². The normalized spacial score (nSPS) is 10.4. The zero-order chi connectivity index (χ0) is 16.4. The summed E-state index contributed by atoms with van der Waals surface area (Å²) in [6.45, 7) is 0.177. The molecule has 0 aliphatic rings. The summed E-state index contributed by atoms with van der Waals surface area (Å²) in [5, 5.41) is 10.7. The van der Waals surface area contributed by atoms with E-state index in [0.717, 1.165) is 0 Å². The number of carbonyl (C=O) groups excluding carboxylic acids is 1. The van der Waals surface area contributed by atoms with Crippen molar-refractivity contribution >= 4 is 27.5 Å². The summed E-state index contributed by atoms with van der Waals surface area (Å²) >= 11 is 1.33. The maximum absolute atomic E-state index is 12.4. The van der Waals surface area contributed by atoms with Crippen LogP contribution in [0.1, 0.15) is 21.7 Å². The summed E-state index contributed by atoms with van der Waals surface area (Å²) in [6.07, 6.45) is 0. The van der Waals surface area contributed by atoms with Gasteiger partial charge in [-0.3, -0.25) is 9.59 Å². The van der Waals surface area contributed by atoms with Crippen molar-refractivity contribution in [1.29, 1.82) is 5.26 Å². The maximum atomic E-state index is 12.4. The van der Waals surface area contributed by atoms with Crippen LogP contribution in [0, 0.1) is 11.3 Å². The Balaban J connectivity index is 1.84. The number of aromatic nitrogens is 2. The standard InChI is InChI=1S/C16H12N4O2S/c1-20(16(22)11-4-2-3-10(7-11)8-17)9-13-18-12-5-6-23-14(12)15(21)19-13/h2-7H,9H2,1H3,(H,18,19,21). The highest BCUT2D eigenvalue weighted by Gasteiger charge is 2.14. The van der Waals surface area contributed by atoms with E-state index in [0.29, 0.717) is 27.2 Å². The van der Waals surface area contributed by atoms with Crippen LogP contribution in [0.2, 0.25) is 0 Å². The Morgan fingerprint density at radius 3 is 3.04 bits per heavy atom. The molecule has 0 radical (unpaired) electrons. The molecule has 0 atom stereocenters. The van der Waals surface area contributed by atoms with Crippen molar-refractivity contribution in [1.82, 2.24) is 14.9 Å². The quantitative estimate of drug-likeness (QED) is 0.799. The molecule has 1 N–H and O–H groups in total. The predicted molar refractivity (Wildman–Crippen MR) is 87.2 cm³/mol. The summed E-state index contributed by atoms with van der Waals surface area (Å²) in [4.78, 5) is 32.9. The van der Waals surface area contributed by atoms with Crippen LogP contribution in [0.3, 0.4) is 0 Å². The third-order valence-corrected chi connectivity index (χ3v) is 4.24. The van der Waals surface area contributed by atoms with E-state index in [1.165, 1.54) is 22.3 Å². The number of nitrogens with one attached hydrogen (secondary N) is 1. The van der Waals surface area contributed by atoms with Gasteiger partial charge in [0.15, 0.2) is 0 Å². The van der Waals surface area contributed by atoms with Gasteiger partial charge in [0.1, 0.15) is 10.5 Å². The minimum absolute atomic E-state index is 0.177. The average Bonchev–Trinajstić information content (AvgIpc) is 3.03. The summed E-state index contributed by atoms with van der Waals surface area (Å²) in [7, 11) is 1.62. The molecule has 0 spiro atoms. The topological polar surface area (TPSA) is 89.8 Å². The molecule has 23 heavy (non-hydrogen) atoms. The first kappa shape index (κ1) is 14.9. The summed E-state index contributed by atoms with van der Waals surface area (Å²) in [6, 6.07) is 10.3. The van der Waals surface area contributed by atoms with Crippen LogP contribution in [0.4, 0.5) is 0 Å². The van der Waals surface area contributed by atoms with Crippen molar-refractivity contribution in [3.8, 4) is 6.07 Å². The predicted octanol–water partition coefficient (Wildman–Crippen LogP) is 2.13. The largest absolute Gasteiger partial charge is 0.334 e. The SMILES string of the molecule is CN(Cc1nc2ccsc2c(=O)[nH]1)C(=O)c1cccc(C#N)c1. The first-order chi connectivity index (χ1) is 11.1. The van der Waals surface area contributed by atoms with E-state index in [9.17, 15) is 9.59 Å². The van der Waals surface area contributed by atoms with Gasteiger partial charge in [-0.25, -0.2) is 4.98 Å². The monoisotopic (exact) mass is 324 g/mol. The fourth-order valence-corrected chi connectivity index (χ4v) is 2.96. The van der Waals surface area contributed by atoms with Crippen molar-refractivity contribution in [3.05, 3.63) is 63.0 Å². The number of H-pyrrole nitrogens is 1. The van der Waals surface area contributed by atoms with Gasteiger partial charge in [-0.05, 0) is 29.6 Å². The van der Waals surface area contributed by atoms with Gasteiger partial charge in [0.25, 0.3) is 11.5 Å². The van der Waals surface area contributed by atoms with Gasteiger partial charge in [0, 0.05) is 12.6 Å². The second kappa shape index (κ2) is 6.02. The van der Waals surface area contributed by atoms with Crippen LogP contribution in [0.5, 0.6) is 0 Å². The molecule has 1 aromatic carbocycles. The molecule has 0 bridgehead atoms. The number of aromatic amines is 1. The molecule has 0 aliphatic carbocycles. The smallest absolute Gasteiger partial charge is 0.268 e. The second-order valence-corrected chi connectivity index (χ2v) is 5.92. The Kier molecular flexibility index (Phi) is 3.91. The van der Waals surface area contributed by atoms with Crippen LogP contribution >= 0.6 is 11.3 Å². The van der Waals surface area contributed by atoms with Gasteiger partial charge in [-0.2, -0.15) is 5.26 Å². The first-order valence-corrected chi connectivity index (χ1v) is 7.68. The number of benzene rings is 1. The van der Waals surface area contributed by atoms with Gasteiger partial charge in [-0.15, -0.1) is 11.3 Å². The Morgan fingerprint density at radius 2 is 2.26 bits per heavy atom. The molecule has 0 saturated carbocycles. The highest BCUT2D eigenvalue weighted by molar-refractivity contribution is 7.17. The highest BCUT2D eigenvalue weighted by Crippen LogP contribution is 2.14. The minimum atomic E-state index is -0.241.